The van der Waals surface area contributed by atoms with Gasteiger partial charge in [0, 0.05) is 28.8 Å². The van der Waals surface area contributed by atoms with E-state index in [1.807, 2.05) is 0 Å². The van der Waals surface area contributed by atoms with Gasteiger partial charge in [0.05, 0.1) is 6.61 Å². The van der Waals surface area contributed by atoms with Crippen LogP contribution >= 0.6 is 15.9 Å². The van der Waals surface area contributed by atoms with Crippen LogP contribution in [0.2, 0.25) is 0 Å². The lowest BCUT2D eigenvalue weighted by Crippen LogP contribution is -2.37. The number of alkyl halides is 3. The molecule has 0 bridgehead atoms. The highest BCUT2D eigenvalue weighted by Crippen LogP contribution is 2.29. The van der Waals surface area contributed by atoms with Crippen LogP contribution in [0.3, 0.4) is 0 Å². The van der Waals surface area contributed by atoms with Crippen LogP contribution in [0.1, 0.15) is 5.56 Å². The Morgan fingerprint density at radius 1 is 1.33 bits per heavy atom. The summed E-state index contributed by atoms with van der Waals surface area (Å²) in [6, 6.07) is 4.92. The van der Waals surface area contributed by atoms with Crippen molar-refractivity contribution in [1.82, 2.24) is 0 Å². The van der Waals surface area contributed by atoms with Gasteiger partial charge in [-0.2, -0.15) is 13.2 Å². The van der Waals surface area contributed by atoms with Gasteiger partial charge >= 0.3 is 6.18 Å². The molecule has 0 saturated heterocycles. The maximum atomic E-state index is 12.5. The fourth-order valence-corrected chi connectivity index (χ4v) is 2.19. The lowest BCUT2D eigenvalue weighted by Gasteiger charge is -2.27. The first-order chi connectivity index (χ1) is 8.39. The summed E-state index contributed by atoms with van der Waals surface area (Å²) in [5.41, 5.74) is 6.53. The van der Waals surface area contributed by atoms with Crippen molar-refractivity contribution in [2.45, 2.75) is 12.7 Å². The van der Waals surface area contributed by atoms with Crippen LogP contribution in [-0.4, -0.2) is 31.0 Å². The summed E-state index contributed by atoms with van der Waals surface area (Å²) >= 11 is 3.26. The third-order valence-electron chi connectivity index (χ3n) is 2.38. The second kappa shape index (κ2) is 6.40. The molecule has 1 aromatic carbocycles. The molecule has 18 heavy (non-hydrogen) atoms. The van der Waals surface area contributed by atoms with Gasteiger partial charge in [0.1, 0.15) is 6.54 Å². The molecule has 7 heteroatoms. The first-order valence-corrected chi connectivity index (χ1v) is 6.08. The summed E-state index contributed by atoms with van der Waals surface area (Å²) in [6.45, 7) is -1.44. The van der Waals surface area contributed by atoms with Crippen molar-refractivity contribution in [3.8, 4) is 0 Å². The van der Waals surface area contributed by atoms with Crippen LogP contribution in [-0.2, 0) is 6.54 Å². The summed E-state index contributed by atoms with van der Waals surface area (Å²) in [5.74, 6) is 0. The van der Waals surface area contributed by atoms with Gasteiger partial charge in [-0.15, -0.1) is 0 Å². The Morgan fingerprint density at radius 3 is 2.50 bits per heavy atom. The van der Waals surface area contributed by atoms with Crippen molar-refractivity contribution in [2.75, 3.05) is 24.6 Å². The second-order valence-corrected chi connectivity index (χ2v) is 4.56. The Kier molecular flexibility index (Phi) is 5.43. The monoisotopic (exact) mass is 326 g/mol. The second-order valence-electron chi connectivity index (χ2n) is 3.70. The smallest absolute Gasteiger partial charge is 0.395 e. The summed E-state index contributed by atoms with van der Waals surface area (Å²) in [6.07, 6.45) is -4.33. The topological polar surface area (TPSA) is 49.5 Å². The molecule has 0 atom stereocenters. The maximum Gasteiger partial charge on any atom is 0.405 e. The van der Waals surface area contributed by atoms with Crippen molar-refractivity contribution in [3.63, 3.8) is 0 Å². The molecule has 0 aliphatic carbocycles. The quantitative estimate of drug-likeness (QED) is 0.872. The number of hydrogen-bond donors (Lipinski definition) is 2. The standard InChI is InChI=1S/C11H14BrF3N2O/c12-9-2-1-3-10(8(9)6-16)17(4-5-18)7-11(13,14)15/h1-3,18H,4-7,16H2. The number of rotatable bonds is 5. The highest BCUT2D eigenvalue weighted by Gasteiger charge is 2.31. The molecule has 0 unspecified atom stereocenters. The lowest BCUT2D eigenvalue weighted by molar-refractivity contribution is -0.119. The number of nitrogens with two attached hydrogens (primary N) is 1. The van der Waals surface area contributed by atoms with Gasteiger partial charge in [-0.05, 0) is 12.1 Å². The fraction of sp³-hybridized carbons (Fsp3) is 0.455. The Morgan fingerprint density at radius 2 is 2.00 bits per heavy atom. The average molecular weight is 327 g/mol. The predicted octanol–water partition coefficient (Wildman–Crippen LogP) is 2.27. The third kappa shape index (κ3) is 4.15. The number of nitrogens with zero attached hydrogens (tertiary/aromatic N) is 1. The van der Waals surface area contributed by atoms with E-state index in [2.05, 4.69) is 15.9 Å². The molecular formula is C11H14BrF3N2O. The molecule has 102 valence electrons. The van der Waals surface area contributed by atoms with Crippen molar-refractivity contribution in [1.29, 1.82) is 0 Å². The van der Waals surface area contributed by atoms with E-state index >= 15 is 0 Å². The molecule has 0 radical (unpaired) electrons. The first kappa shape index (κ1) is 15.3. The Hall–Kier alpha value is -0.790. The van der Waals surface area contributed by atoms with Crippen LogP contribution in [0.15, 0.2) is 22.7 Å². The van der Waals surface area contributed by atoms with E-state index in [1.54, 1.807) is 18.2 Å². The molecule has 0 aromatic heterocycles. The molecule has 3 nitrogen and oxygen atoms in total. The van der Waals surface area contributed by atoms with E-state index in [0.717, 1.165) is 4.90 Å². The van der Waals surface area contributed by atoms with Crippen LogP contribution < -0.4 is 10.6 Å². The van der Waals surface area contributed by atoms with E-state index < -0.39 is 12.7 Å². The molecule has 0 spiro atoms. The SMILES string of the molecule is NCc1c(Br)cccc1N(CCO)CC(F)(F)F. The Labute approximate surface area is 112 Å². The van der Waals surface area contributed by atoms with Gasteiger partial charge in [0.2, 0.25) is 0 Å². The van der Waals surface area contributed by atoms with E-state index in [0.29, 0.717) is 15.7 Å². The van der Waals surface area contributed by atoms with E-state index in [4.69, 9.17) is 10.8 Å². The highest BCUT2D eigenvalue weighted by molar-refractivity contribution is 9.10. The summed E-state index contributed by atoms with van der Waals surface area (Å²) in [4.78, 5) is 1.08. The Balaban J connectivity index is 3.09. The zero-order chi connectivity index (χ0) is 13.8. The van der Waals surface area contributed by atoms with E-state index in [-0.39, 0.29) is 19.7 Å². The number of hydrogen-bond acceptors (Lipinski definition) is 3. The minimum absolute atomic E-state index is 0.0943. The third-order valence-corrected chi connectivity index (χ3v) is 3.12. The van der Waals surface area contributed by atoms with Crippen molar-refractivity contribution >= 4 is 21.6 Å². The van der Waals surface area contributed by atoms with E-state index in [1.165, 1.54) is 0 Å². The van der Waals surface area contributed by atoms with Gasteiger partial charge in [-0.1, -0.05) is 22.0 Å². The van der Waals surface area contributed by atoms with Gasteiger partial charge < -0.3 is 15.7 Å². The molecular weight excluding hydrogens is 313 g/mol. The first-order valence-electron chi connectivity index (χ1n) is 5.29. The van der Waals surface area contributed by atoms with Crippen molar-refractivity contribution < 1.29 is 18.3 Å². The molecule has 0 fully saturated rings. The zero-order valence-electron chi connectivity index (χ0n) is 9.54. The highest BCUT2D eigenvalue weighted by atomic mass is 79.9. The lowest BCUT2D eigenvalue weighted by atomic mass is 10.1. The van der Waals surface area contributed by atoms with Crippen LogP contribution in [0.5, 0.6) is 0 Å². The zero-order valence-corrected chi connectivity index (χ0v) is 11.1. The number of halogens is 4. The predicted molar refractivity (Wildman–Crippen MR) is 67.4 cm³/mol. The molecule has 0 aliphatic heterocycles. The normalized spacial score (nSPS) is 11.7. The molecule has 0 amide bonds. The summed E-state index contributed by atoms with van der Waals surface area (Å²) in [5, 5.41) is 8.88. The minimum atomic E-state index is -4.33. The molecule has 0 aliphatic rings. The van der Waals surface area contributed by atoms with Gasteiger partial charge in [0.15, 0.2) is 0 Å². The molecule has 1 rings (SSSR count). The van der Waals surface area contributed by atoms with Crippen LogP contribution in [0.4, 0.5) is 18.9 Å². The van der Waals surface area contributed by atoms with Crippen LogP contribution in [0.25, 0.3) is 0 Å². The number of aliphatic hydroxyl groups is 1. The van der Waals surface area contributed by atoms with Gasteiger partial charge in [-0.3, -0.25) is 0 Å². The number of benzene rings is 1. The molecule has 1 aromatic rings. The van der Waals surface area contributed by atoms with Crippen molar-refractivity contribution in [3.05, 3.63) is 28.2 Å². The molecule has 0 heterocycles. The number of aliphatic hydroxyl groups excluding tert-OH is 1. The Bertz CT molecular complexity index is 398. The van der Waals surface area contributed by atoms with E-state index in [9.17, 15) is 13.2 Å². The van der Waals surface area contributed by atoms with Gasteiger partial charge in [0.25, 0.3) is 0 Å². The van der Waals surface area contributed by atoms with Crippen molar-refractivity contribution in [2.24, 2.45) is 5.73 Å². The minimum Gasteiger partial charge on any atom is -0.395 e. The molecule has 3 N–H and O–H groups in total. The summed E-state index contributed by atoms with van der Waals surface area (Å²) in [7, 11) is 0. The van der Waals surface area contributed by atoms with Crippen LogP contribution in [0, 0.1) is 0 Å². The number of anilines is 1. The summed E-state index contributed by atoms with van der Waals surface area (Å²) < 4.78 is 38.1. The fourth-order valence-electron chi connectivity index (χ4n) is 1.67. The molecule has 0 saturated carbocycles. The largest absolute Gasteiger partial charge is 0.405 e. The average Bonchev–Trinajstić information content (AvgIpc) is 2.26. The maximum absolute atomic E-state index is 12.5. The van der Waals surface area contributed by atoms with Gasteiger partial charge in [-0.25, -0.2) is 0 Å².